The first-order valence-corrected chi connectivity index (χ1v) is 10.2. The van der Waals surface area contributed by atoms with Gasteiger partial charge >= 0.3 is 0 Å². The summed E-state index contributed by atoms with van der Waals surface area (Å²) in [5.41, 5.74) is 1.53. The third-order valence-corrected chi connectivity index (χ3v) is 6.60. The van der Waals surface area contributed by atoms with Gasteiger partial charge in [-0.1, -0.05) is 6.08 Å². The van der Waals surface area contributed by atoms with Gasteiger partial charge in [0.25, 0.3) is 0 Å². The fourth-order valence-corrected chi connectivity index (χ4v) is 4.69. The summed E-state index contributed by atoms with van der Waals surface area (Å²) < 4.78 is 70.2. The highest BCUT2D eigenvalue weighted by molar-refractivity contribution is 7.89. The zero-order valence-corrected chi connectivity index (χ0v) is 17.1. The van der Waals surface area contributed by atoms with Crippen molar-refractivity contribution in [2.75, 3.05) is 34.4 Å². The number of nitrogens with zero attached hydrogens (tertiary/aromatic N) is 1. The average Bonchev–Trinajstić information content (AvgIpc) is 2.74. The number of hydrogen-bond donors (Lipinski definition) is 0. The van der Waals surface area contributed by atoms with Gasteiger partial charge in [0, 0.05) is 25.2 Å². The Kier molecular flexibility index (Phi) is 6.09. The van der Waals surface area contributed by atoms with Crippen LogP contribution in [0.3, 0.4) is 0 Å². The van der Waals surface area contributed by atoms with E-state index in [0.29, 0.717) is 35.3 Å². The van der Waals surface area contributed by atoms with E-state index in [0.717, 1.165) is 22.0 Å². The summed E-state index contributed by atoms with van der Waals surface area (Å²) in [4.78, 5) is -0.672. The van der Waals surface area contributed by atoms with Crippen LogP contribution >= 0.6 is 0 Å². The topological polar surface area (TPSA) is 65.1 Å². The van der Waals surface area contributed by atoms with E-state index in [1.54, 1.807) is 18.2 Å². The molecule has 1 aliphatic heterocycles. The van der Waals surface area contributed by atoms with Gasteiger partial charge in [0.15, 0.2) is 0 Å². The molecule has 0 amide bonds. The Morgan fingerprint density at radius 2 is 1.62 bits per heavy atom. The summed E-state index contributed by atoms with van der Waals surface area (Å²) in [6, 6.07) is 5.80. The predicted molar refractivity (Wildman–Crippen MR) is 104 cm³/mol. The second kappa shape index (κ2) is 8.38. The number of sulfonamides is 1. The second-order valence-electron chi connectivity index (χ2n) is 6.32. The minimum atomic E-state index is -4.17. The molecule has 6 nitrogen and oxygen atoms in total. The number of ether oxygens (including phenoxy) is 3. The fraction of sp³-hybridized carbons (Fsp3) is 0.300. The van der Waals surface area contributed by atoms with Crippen molar-refractivity contribution in [3.05, 3.63) is 53.6 Å². The Morgan fingerprint density at radius 3 is 2.14 bits per heavy atom. The lowest BCUT2D eigenvalue weighted by Gasteiger charge is -2.27. The van der Waals surface area contributed by atoms with Crippen molar-refractivity contribution in [2.45, 2.75) is 11.3 Å². The number of halogens is 2. The molecular weight excluding hydrogens is 404 g/mol. The molecule has 0 saturated carbocycles. The van der Waals surface area contributed by atoms with Gasteiger partial charge in [0.05, 0.1) is 26.9 Å². The second-order valence-corrected chi connectivity index (χ2v) is 8.23. The zero-order chi connectivity index (χ0) is 21.2. The largest absolute Gasteiger partial charge is 0.496 e. The van der Waals surface area contributed by atoms with Gasteiger partial charge in [-0.3, -0.25) is 0 Å². The number of hydrogen-bond acceptors (Lipinski definition) is 5. The molecule has 1 aliphatic rings. The van der Waals surface area contributed by atoms with Crippen molar-refractivity contribution in [3.63, 3.8) is 0 Å². The van der Waals surface area contributed by atoms with Crippen LogP contribution < -0.4 is 14.2 Å². The third-order valence-electron chi connectivity index (χ3n) is 4.72. The normalized spacial score (nSPS) is 15.0. The molecule has 2 aromatic rings. The fourth-order valence-electron chi connectivity index (χ4n) is 3.23. The number of benzene rings is 2. The van der Waals surface area contributed by atoms with E-state index in [1.807, 2.05) is 0 Å². The lowest BCUT2D eigenvalue weighted by Crippen LogP contribution is -2.35. The highest BCUT2D eigenvalue weighted by atomic mass is 32.2. The minimum absolute atomic E-state index is 0.00591. The lowest BCUT2D eigenvalue weighted by molar-refractivity contribution is 0.372. The summed E-state index contributed by atoms with van der Waals surface area (Å²) in [6.07, 6.45) is 2.06. The van der Waals surface area contributed by atoms with Gasteiger partial charge < -0.3 is 14.2 Å². The van der Waals surface area contributed by atoms with Gasteiger partial charge in [-0.2, -0.15) is 4.31 Å². The van der Waals surface area contributed by atoms with Crippen LogP contribution in [0.15, 0.2) is 41.3 Å². The predicted octanol–water partition coefficient (Wildman–Crippen LogP) is 3.47. The first kappa shape index (κ1) is 21.1. The number of methoxy groups -OCH3 is 3. The quantitative estimate of drug-likeness (QED) is 0.709. The Bertz CT molecular complexity index is 1030. The van der Waals surface area contributed by atoms with E-state index in [9.17, 15) is 17.2 Å². The van der Waals surface area contributed by atoms with E-state index in [1.165, 1.54) is 21.3 Å². The molecule has 0 fully saturated rings. The zero-order valence-electron chi connectivity index (χ0n) is 16.2. The average molecular weight is 425 g/mol. The molecule has 9 heteroatoms. The maximum absolute atomic E-state index is 14.0. The molecule has 3 rings (SSSR count). The molecule has 0 spiro atoms. The Labute approximate surface area is 168 Å². The van der Waals surface area contributed by atoms with Crippen LogP contribution in [0.25, 0.3) is 5.57 Å². The smallest absolute Gasteiger partial charge is 0.246 e. The molecule has 0 bridgehead atoms. The van der Waals surface area contributed by atoms with Crippen molar-refractivity contribution < 1.29 is 31.4 Å². The highest BCUT2D eigenvalue weighted by Crippen LogP contribution is 2.41. The Hall–Kier alpha value is -2.65. The molecule has 0 N–H and O–H groups in total. The lowest BCUT2D eigenvalue weighted by atomic mass is 9.98. The van der Waals surface area contributed by atoms with Crippen molar-refractivity contribution in [3.8, 4) is 17.2 Å². The van der Waals surface area contributed by atoms with Crippen molar-refractivity contribution in [1.29, 1.82) is 0 Å². The van der Waals surface area contributed by atoms with Crippen LogP contribution in [-0.4, -0.2) is 47.1 Å². The molecule has 0 atom stereocenters. The van der Waals surface area contributed by atoms with Crippen LogP contribution in [0, 0.1) is 11.6 Å². The van der Waals surface area contributed by atoms with E-state index >= 15 is 0 Å². The third kappa shape index (κ3) is 4.06. The molecule has 0 aromatic heterocycles. The van der Waals surface area contributed by atoms with Crippen LogP contribution in [0.2, 0.25) is 0 Å². The summed E-state index contributed by atoms with van der Waals surface area (Å²) in [7, 11) is 0.395. The molecule has 0 radical (unpaired) electrons. The molecule has 29 heavy (non-hydrogen) atoms. The Morgan fingerprint density at radius 1 is 0.966 bits per heavy atom. The van der Waals surface area contributed by atoms with Gasteiger partial charge in [0.2, 0.25) is 10.0 Å². The summed E-state index contributed by atoms with van der Waals surface area (Å²) in [5.74, 6) is -0.185. The van der Waals surface area contributed by atoms with Crippen molar-refractivity contribution in [2.24, 2.45) is 0 Å². The molecule has 0 aliphatic carbocycles. The van der Waals surface area contributed by atoms with Crippen molar-refractivity contribution in [1.82, 2.24) is 4.31 Å². The summed E-state index contributed by atoms with van der Waals surface area (Å²) in [5, 5.41) is 0. The SMILES string of the molecule is COc1cc(OC)c(C2=CCN(S(=O)(=O)c3cc(F)ccc3F)CC2)c(OC)c1. The van der Waals surface area contributed by atoms with Crippen LogP contribution in [0.1, 0.15) is 12.0 Å². The van der Waals surface area contributed by atoms with E-state index in [2.05, 4.69) is 0 Å². The number of rotatable bonds is 6. The maximum Gasteiger partial charge on any atom is 0.246 e. The van der Waals surface area contributed by atoms with Gasteiger partial charge in [-0.05, 0) is 30.2 Å². The minimum Gasteiger partial charge on any atom is -0.496 e. The van der Waals surface area contributed by atoms with Crippen molar-refractivity contribution >= 4 is 15.6 Å². The van der Waals surface area contributed by atoms with Crippen LogP contribution in [0.4, 0.5) is 8.78 Å². The molecule has 1 heterocycles. The molecule has 2 aromatic carbocycles. The molecule has 0 unspecified atom stereocenters. The molecular formula is C20H21F2NO5S. The summed E-state index contributed by atoms with van der Waals surface area (Å²) >= 11 is 0. The highest BCUT2D eigenvalue weighted by Gasteiger charge is 2.30. The molecule has 156 valence electrons. The Balaban J connectivity index is 1.95. The van der Waals surface area contributed by atoms with Gasteiger partial charge in [-0.25, -0.2) is 17.2 Å². The molecule has 0 saturated heterocycles. The van der Waals surface area contributed by atoms with Gasteiger partial charge in [0.1, 0.15) is 33.8 Å². The monoisotopic (exact) mass is 425 g/mol. The van der Waals surface area contributed by atoms with E-state index in [4.69, 9.17) is 14.2 Å². The van der Waals surface area contributed by atoms with Crippen LogP contribution in [0.5, 0.6) is 17.2 Å². The standard InChI is InChI=1S/C20H21F2NO5S/c1-26-15-11-17(27-2)20(18(12-15)28-3)13-6-8-23(9-7-13)29(24,25)19-10-14(21)4-5-16(19)22/h4-6,10-12H,7-9H2,1-3H3. The summed E-state index contributed by atoms with van der Waals surface area (Å²) in [6.45, 7) is 0.106. The maximum atomic E-state index is 14.0. The van der Waals surface area contributed by atoms with Crippen LogP contribution in [-0.2, 0) is 10.0 Å². The first-order valence-electron chi connectivity index (χ1n) is 8.76. The first-order chi connectivity index (χ1) is 13.8. The van der Waals surface area contributed by atoms with E-state index in [-0.39, 0.29) is 13.1 Å². The van der Waals surface area contributed by atoms with E-state index < -0.39 is 26.6 Å². The van der Waals surface area contributed by atoms with Gasteiger partial charge in [-0.15, -0.1) is 0 Å².